The molecule has 5 nitrogen and oxygen atoms in total. The first kappa shape index (κ1) is 12.9. The van der Waals surface area contributed by atoms with Crippen molar-refractivity contribution in [2.45, 2.75) is 17.4 Å². The molecule has 1 N–H and O–H groups in total. The van der Waals surface area contributed by atoms with Gasteiger partial charge in [0.25, 0.3) is 0 Å². The first-order valence-electron chi connectivity index (χ1n) is 5.29. The average molecular weight is 320 g/mol. The molecule has 1 aromatic rings. The molecule has 1 aliphatic heterocycles. The van der Waals surface area contributed by atoms with Crippen molar-refractivity contribution in [2.24, 2.45) is 0 Å². The molecule has 2 heterocycles. The van der Waals surface area contributed by atoms with E-state index < -0.39 is 10.0 Å². The van der Waals surface area contributed by atoms with Gasteiger partial charge in [-0.3, -0.25) is 4.98 Å². The van der Waals surface area contributed by atoms with Gasteiger partial charge in [-0.05, 0) is 42.0 Å². The SMILES string of the molecule is CN1CC[C@H](NS(=O)(=O)c2cncc(Br)c2)C1. The minimum absolute atomic E-state index is 0.0102. The molecular formula is C10H14BrN3O2S. The van der Waals surface area contributed by atoms with Gasteiger partial charge >= 0.3 is 0 Å². The molecule has 17 heavy (non-hydrogen) atoms. The Hall–Kier alpha value is -0.500. The zero-order valence-electron chi connectivity index (χ0n) is 9.43. The lowest BCUT2D eigenvalue weighted by Gasteiger charge is -2.13. The van der Waals surface area contributed by atoms with Crippen LogP contribution >= 0.6 is 15.9 Å². The van der Waals surface area contributed by atoms with Crippen molar-refractivity contribution in [3.8, 4) is 0 Å². The highest BCUT2D eigenvalue weighted by Crippen LogP contribution is 2.16. The summed E-state index contributed by atoms with van der Waals surface area (Å²) in [5, 5.41) is 0. The van der Waals surface area contributed by atoms with Crippen molar-refractivity contribution in [1.82, 2.24) is 14.6 Å². The van der Waals surface area contributed by atoms with Crippen molar-refractivity contribution in [3.05, 3.63) is 22.9 Å². The molecule has 1 saturated heterocycles. The molecule has 1 aromatic heterocycles. The number of pyridine rings is 1. The maximum absolute atomic E-state index is 12.1. The number of hydrogen-bond donors (Lipinski definition) is 1. The molecule has 2 rings (SSSR count). The van der Waals surface area contributed by atoms with Crippen molar-refractivity contribution in [1.29, 1.82) is 0 Å². The van der Waals surface area contributed by atoms with Gasteiger partial charge in [-0.1, -0.05) is 0 Å². The van der Waals surface area contributed by atoms with E-state index in [1.807, 2.05) is 7.05 Å². The van der Waals surface area contributed by atoms with Crippen LogP contribution in [-0.2, 0) is 10.0 Å². The van der Waals surface area contributed by atoms with Crippen LogP contribution in [0.1, 0.15) is 6.42 Å². The lowest BCUT2D eigenvalue weighted by atomic mass is 10.3. The van der Waals surface area contributed by atoms with Crippen molar-refractivity contribution < 1.29 is 8.42 Å². The maximum Gasteiger partial charge on any atom is 0.242 e. The highest BCUT2D eigenvalue weighted by Gasteiger charge is 2.25. The third kappa shape index (κ3) is 3.25. The van der Waals surface area contributed by atoms with Gasteiger partial charge in [0.05, 0.1) is 0 Å². The number of aromatic nitrogens is 1. The van der Waals surface area contributed by atoms with Gasteiger partial charge in [-0.15, -0.1) is 0 Å². The molecule has 0 aromatic carbocycles. The fourth-order valence-corrected chi connectivity index (χ4v) is 3.62. The topological polar surface area (TPSA) is 62.3 Å². The molecule has 1 aliphatic rings. The number of rotatable bonds is 3. The fourth-order valence-electron chi connectivity index (χ4n) is 1.86. The third-order valence-corrected chi connectivity index (χ3v) is 4.62. The summed E-state index contributed by atoms with van der Waals surface area (Å²) in [5.74, 6) is 0. The molecule has 1 fully saturated rings. The molecule has 0 aliphatic carbocycles. The van der Waals surface area contributed by atoms with Gasteiger partial charge in [0.1, 0.15) is 4.90 Å². The summed E-state index contributed by atoms with van der Waals surface area (Å²) >= 11 is 3.21. The van der Waals surface area contributed by atoms with E-state index in [2.05, 4.69) is 30.5 Å². The van der Waals surface area contributed by atoms with Crippen LogP contribution in [0.25, 0.3) is 0 Å². The Bertz CT molecular complexity index is 506. The molecule has 7 heteroatoms. The maximum atomic E-state index is 12.1. The van der Waals surface area contributed by atoms with Crippen LogP contribution < -0.4 is 4.72 Å². The molecule has 0 bridgehead atoms. The Morgan fingerprint density at radius 2 is 2.29 bits per heavy atom. The normalized spacial score (nSPS) is 21.9. The largest absolute Gasteiger partial charge is 0.305 e. The third-order valence-electron chi connectivity index (χ3n) is 2.70. The predicted octanol–water partition coefficient (Wildman–Crippen LogP) is 0.827. The number of sulfonamides is 1. The Kier molecular flexibility index (Phi) is 3.82. The van der Waals surface area contributed by atoms with E-state index in [0.29, 0.717) is 4.47 Å². The lowest BCUT2D eigenvalue weighted by Crippen LogP contribution is -2.36. The van der Waals surface area contributed by atoms with Gasteiger partial charge < -0.3 is 4.90 Å². The molecule has 0 radical (unpaired) electrons. The highest BCUT2D eigenvalue weighted by molar-refractivity contribution is 9.10. The van der Waals surface area contributed by atoms with Crippen LogP contribution in [-0.4, -0.2) is 44.5 Å². The molecule has 0 unspecified atom stereocenters. The second-order valence-corrected chi connectivity index (χ2v) is 6.84. The van der Waals surface area contributed by atoms with Crippen molar-refractivity contribution in [2.75, 3.05) is 20.1 Å². The van der Waals surface area contributed by atoms with E-state index in [4.69, 9.17) is 0 Å². The minimum Gasteiger partial charge on any atom is -0.305 e. The van der Waals surface area contributed by atoms with Crippen LogP contribution in [0, 0.1) is 0 Å². The molecule has 1 atom stereocenters. The average Bonchev–Trinajstić information content (AvgIpc) is 2.63. The van der Waals surface area contributed by atoms with E-state index in [1.54, 1.807) is 12.3 Å². The standard InChI is InChI=1S/C10H14BrN3O2S/c1-14-3-2-9(7-14)13-17(15,16)10-4-8(11)5-12-6-10/h4-6,9,13H,2-3,7H2,1H3/t9-/m0/s1. The van der Waals surface area contributed by atoms with Gasteiger partial charge in [-0.2, -0.15) is 0 Å². The van der Waals surface area contributed by atoms with Crippen molar-refractivity contribution >= 4 is 26.0 Å². The van der Waals surface area contributed by atoms with E-state index in [9.17, 15) is 8.42 Å². The first-order valence-corrected chi connectivity index (χ1v) is 7.56. The highest BCUT2D eigenvalue weighted by atomic mass is 79.9. The van der Waals surface area contributed by atoms with Gasteiger partial charge in [0.2, 0.25) is 10.0 Å². The van der Waals surface area contributed by atoms with Crippen LogP contribution in [0.3, 0.4) is 0 Å². The summed E-state index contributed by atoms with van der Waals surface area (Å²) < 4.78 is 27.5. The van der Waals surface area contributed by atoms with Gasteiger partial charge in [0, 0.05) is 29.5 Å². The number of likely N-dealkylation sites (tertiary alicyclic amines) is 1. The summed E-state index contributed by atoms with van der Waals surface area (Å²) in [7, 11) is -1.48. The first-order chi connectivity index (χ1) is 7.97. The Balaban J connectivity index is 2.14. The summed E-state index contributed by atoms with van der Waals surface area (Å²) in [6.07, 6.45) is 3.76. The number of nitrogens with zero attached hydrogens (tertiary/aromatic N) is 2. The summed E-state index contributed by atoms with van der Waals surface area (Å²) in [4.78, 5) is 6.16. The quantitative estimate of drug-likeness (QED) is 0.896. The van der Waals surface area contributed by atoms with Crippen LogP contribution in [0.15, 0.2) is 27.8 Å². The molecule has 0 saturated carbocycles. The van der Waals surface area contributed by atoms with E-state index in [0.717, 1.165) is 19.5 Å². The second-order valence-electron chi connectivity index (χ2n) is 4.21. The van der Waals surface area contributed by atoms with E-state index >= 15 is 0 Å². The molecular weight excluding hydrogens is 306 g/mol. The monoisotopic (exact) mass is 319 g/mol. The zero-order chi connectivity index (χ0) is 12.5. The number of likely N-dealkylation sites (N-methyl/N-ethyl adjacent to an activating group) is 1. The number of nitrogens with one attached hydrogen (secondary N) is 1. The zero-order valence-corrected chi connectivity index (χ0v) is 11.8. The summed E-state index contributed by atoms with van der Waals surface area (Å²) in [6.45, 7) is 1.67. The Morgan fingerprint density at radius 3 is 2.88 bits per heavy atom. The summed E-state index contributed by atoms with van der Waals surface area (Å²) in [6, 6.07) is 1.54. The van der Waals surface area contributed by atoms with Crippen LogP contribution in [0.4, 0.5) is 0 Å². The Labute approximate surface area is 109 Å². The molecule has 0 amide bonds. The minimum atomic E-state index is -3.46. The van der Waals surface area contributed by atoms with Gasteiger partial charge in [-0.25, -0.2) is 13.1 Å². The smallest absolute Gasteiger partial charge is 0.242 e. The van der Waals surface area contributed by atoms with Gasteiger partial charge in [0.15, 0.2) is 0 Å². The van der Waals surface area contributed by atoms with E-state index in [-0.39, 0.29) is 10.9 Å². The Morgan fingerprint density at radius 1 is 1.53 bits per heavy atom. The van der Waals surface area contributed by atoms with E-state index in [1.165, 1.54) is 6.20 Å². The number of halogens is 1. The van der Waals surface area contributed by atoms with Crippen LogP contribution in [0.2, 0.25) is 0 Å². The predicted molar refractivity (Wildman–Crippen MR) is 68.2 cm³/mol. The fraction of sp³-hybridized carbons (Fsp3) is 0.500. The molecule has 0 spiro atoms. The van der Waals surface area contributed by atoms with Crippen LogP contribution in [0.5, 0.6) is 0 Å². The lowest BCUT2D eigenvalue weighted by molar-refractivity contribution is 0.407. The second kappa shape index (κ2) is 5.01. The van der Waals surface area contributed by atoms with Crippen molar-refractivity contribution in [3.63, 3.8) is 0 Å². The summed E-state index contributed by atoms with van der Waals surface area (Å²) in [5.41, 5.74) is 0. The number of hydrogen-bond acceptors (Lipinski definition) is 4. The molecule has 94 valence electrons.